The zero-order valence-electron chi connectivity index (χ0n) is 9.01. The van der Waals surface area contributed by atoms with Crippen LogP contribution in [0.1, 0.15) is 5.56 Å². The van der Waals surface area contributed by atoms with Crippen molar-refractivity contribution in [2.24, 2.45) is 0 Å². The molecule has 0 radical (unpaired) electrons. The molecule has 88 valence electrons. The highest BCUT2D eigenvalue weighted by molar-refractivity contribution is 7.90. The average molecular weight is 267 g/mol. The molecule has 0 aliphatic heterocycles. The van der Waals surface area contributed by atoms with Crippen molar-refractivity contribution >= 4 is 21.4 Å². The van der Waals surface area contributed by atoms with Crippen LogP contribution in [-0.2, 0) is 15.6 Å². The highest BCUT2D eigenvalue weighted by Gasteiger charge is 2.14. The van der Waals surface area contributed by atoms with E-state index >= 15 is 0 Å². The second-order valence-corrected chi connectivity index (χ2v) is 6.12. The van der Waals surface area contributed by atoms with Crippen molar-refractivity contribution in [3.8, 4) is 0 Å². The van der Waals surface area contributed by atoms with Crippen LogP contribution >= 0.6 is 11.6 Å². The monoisotopic (exact) mass is 266 g/mol. The van der Waals surface area contributed by atoms with E-state index in [1.165, 1.54) is 12.1 Å². The molecule has 2 rings (SSSR count). The standard InChI is InChI=1S/C13H11ClO2S/c14-12-6-8-13(9-7-12)17(15,16)10-11-4-2-1-3-5-11/h1-9H,10H2. The van der Waals surface area contributed by atoms with E-state index in [-0.39, 0.29) is 5.75 Å². The molecule has 0 saturated heterocycles. The largest absolute Gasteiger partial charge is 0.223 e. The maximum Gasteiger partial charge on any atom is 0.182 e. The molecule has 0 aliphatic carbocycles. The van der Waals surface area contributed by atoms with E-state index < -0.39 is 9.84 Å². The first kappa shape index (κ1) is 12.1. The van der Waals surface area contributed by atoms with Gasteiger partial charge in [0.1, 0.15) is 0 Å². The summed E-state index contributed by atoms with van der Waals surface area (Å²) in [6, 6.07) is 15.3. The van der Waals surface area contributed by atoms with Gasteiger partial charge >= 0.3 is 0 Å². The van der Waals surface area contributed by atoms with Crippen molar-refractivity contribution in [2.45, 2.75) is 10.6 Å². The Labute approximate surface area is 106 Å². The zero-order valence-corrected chi connectivity index (χ0v) is 10.6. The van der Waals surface area contributed by atoms with Crippen molar-refractivity contribution < 1.29 is 8.42 Å². The molecule has 0 saturated carbocycles. The summed E-state index contributed by atoms with van der Waals surface area (Å²) in [5.74, 6) is 0.00940. The summed E-state index contributed by atoms with van der Waals surface area (Å²) < 4.78 is 24.1. The van der Waals surface area contributed by atoms with Gasteiger partial charge in [0.25, 0.3) is 0 Å². The number of hydrogen-bond donors (Lipinski definition) is 0. The first-order valence-corrected chi connectivity index (χ1v) is 7.13. The number of halogens is 1. The molecule has 0 aromatic heterocycles. The first-order chi connectivity index (χ1) is 8.08. The minimum Gasteiger partial charge on any atom is -0.223 e. The number of rotatable bonds is 3. The van der Waals surface area contributed by atoms with Gasteiger partial charge in [-0.15, -0.1) is 0 Å². The lowest BCUT2D eigenvalue weighted by molar-refractivity contribution is 0.595. The summed E-state index contributed by atoms with van der Waals surface area (Å²) in [4.78, 5) is 0.297. The van der Waals surface area contributed by atoms with Gasteiger partial charge in [-0.2, -0.15) is 0 Å². The quantitative estimate of drug-likeness (QED) is 0.854. The fraction of sp³-hybridized carbons (Fsp3) is 0.0769. The Morgan fingerprint density at radius 2 is 1.47 bits per heavy atom. The van der Waals surface area contributed by atoms with E-state index in [1.54, 1.807) is 24.3 Å². The zero-order chi connectivity index (χ0) is 12.3. The Kier molecular flexibility index (Phi) is 3.50. The molecule has 0 amide bonds. The van der Waals surface area contributed by atoms with Gasteiger partial charge in [0, 0.05) is 5.02 Å². The van der Waals surface area contributed by atoms with Gasteiger partial charge in [0.05, 0.1) is 10.6 Å². The summed E-state index contributed by atoms with van der Waals surface area (Å²) in [5.41, 5.74) is 0.780. The number of sulfone groups is 1. The lowest BCUT2D eigenvalue weighted by atomic mass is 10.2. The molecule has 0 bridgehead atoms. The van der Waals surface area contributed by atoms with Gasteiger partial charge in [-0.1, -0.05) is 41.9 Å². The molecule has 0 N–H and O–H groups in total. The summed E-state index contributed by atoms with van der Waals surface area (Å²) in [6.45, 7) is 0. The van der Waals surface area contributed by atoms with Crippen molar-refractivity contribution in [2.75, 3.05) is 0 Å². The SMILES string of the molecule is O=S(=O)(Cc1ccccc1)c1ccc(Cl)cc1. The molecule has 0 heterocycles. The lowest BCUT2D eigenvalue weighted by Gasteiger charge is -2.04. The molecule has 2 aromatic rings. The van der Waals surface area contributed by atoms with Gasteiger partial charge in [-0.3, -0.25) is 0 Å². The van der Waals surface area contributed by atoms with E-state index in [1.807, 2.05) is 18.2 Å². The molecular weight excluding hydrogens is 256 g/mol. The Bertz CT molecular complexity index is 589. The summed E-state index contributed by atoms with van der Waals surface area (Å²) in [7, 11) is -3.29. The van der Waals surface area contributed by atoms with Crippen molar-refractivity contribution in [3.05, 3.63) is 65.2 Å². The number of hydrogen-bond acceptors (Lipinski definition) is 2. The van der Waals surface area contributed by atoms with E-state index in [0.29, 0.717) is 9.92 Å². The van der Waals surface area contributed by atoms with Crippen LogP contribution in [0.5, 0.6) is 0 Å². The summed E-state index contributed by atoms with van der Waals surface area (Å²) in [6.07, 6.45) is 0. The fourth-order valence-electron chi connectivity index (χ4n) is 1.52. The van der Waals surface area contributed by atoms with Gasteiger partial charge < -0.3 is 0 Å². The highest BCUT2D eigenvalue weighted by atomic mass is 35.5. The molecule has 0 fully saturated rings. The molecular formula is C13H11ClO2S. The van der Waals surface area contributed by atoms with Crippen LogP contribution in [0.4, 0.5) is 0 Å². The van der Waals surface area contributed by atoms with Crippen molar-refractivity contribution in [1.82, 2.24) is 0 Å². The van der Waals surface area contributed by atoms with E-state index in [9.17, 15) is 8.42 Å². The summed E-state index contributed by atoms with van der Waals surface area (Å²) >= 11 is 5.73. The Morgan fingerprint density at radius 1 is 0.882 bits per heavy atom. The van der Waals surface area contributed by atoms with Gasteiger partial charge in [0.2, 0.25) is 0 Å². The van der Waals surface area contributed by atoms with Crippen LogP contribution in [0.15, 0.2) is 59.5 Å². The van der Waals surface area contributed by atoms with E-state index in [2.05, 4.69) is 0 Å². The van der Waals surface area contributed by atoms with Crippen LogP contribution in [0.2, 0.25) is 5.02 Å². The third kappa shape index (κ3) is 3.08. The van der Waals surface area contributed by atoms with E-state index in [0.717, 1.165) is 5.56 Å². The smallest absolute Gasteiger partial charge is 0.182 e. The normalized spacial score (nSPS) is 11.4. The Morgan fingerprint density at radius 3 is 2.06 bits per heavy atom. The van der Waals surface area contributed by atoms with Crippen LogP contribution in [0.25, 0.3) is 0 Å². The molecule has 2 aromatic carbocycles. The predicted octanol–water partition coefficient (Wildman–Crippen LogP) is 3.31. The molecule has 4 heteroatoms. The van der Waals surface area contributed by atoms with Gasteiger partial charge in [-0.25, -0.2) is 8.42 Å². The molecule has 2 nitrogen and oxygen atoms in total. The van der Waals surface area contributed by atoms with Crippen LogP contribution < -0.4 is 0 Å². The van der Waals surface area contributed by atoms with Crippen LogP contribution in [0.3, 0.4) is 0 Å². The number of benzene rings is 2. The van der Waals surface area contributed by atoms with Crippen LogP contribution in [-0.4, -0.2) is 8.42 Å². The minimum atomic E-state index is -3.29. The van der Waals surface area contributed by atoms with Crippen molar-refractivity contribution in [1.29, 1.82) is 0 Å². The Balaban J connectivity index is 2.29. The van der Waals surface area contributed by atoms with Gasteiger partial charge in [-0.05, 0) is 29.8 Å². The maximum atomic E-state index is 12.1. The maximum absolute atomic E-state index is 12.1. The second-order valence-electron chi connectivity index (χ2n) is 3.70. The lowest BCUT2D eigenvalue weighted by Crippen LogP contribution is -2.04. The van der Waals surface area contributed by atoms with E-state index in [4.69, 9.17) is 11.6 Å². The fourth-order valence-corrected chi connectivity index (χ4v) is 2.99. The molecule has 0 atom stereocenters. The molecule has 0 unspecified atom stereocenters. The molecule has 0 spiro atoms. The molecule has 17 heavy (non-hydrogen) atoms. The summed E-state index contributed by atoms with van der Waals surface area (Å²) in [5, 5.41) is 0.531. The Hall–Kier alpha value is -1.32. The van der Waals surface area contributed by atoms with Crippen LogP contribution in [0, 0.1) is 0 Å². The predicted molar refractivity (Wildman–Crippen MR) is 68.8 cm³/mol. The van der Waals surface area contributed by atoms with Crippen molar-refractivity contribution in [3.63, 3.8) is 0 Å². The highest BCUT2D eigenvalue weighted by Crippen LogP contribution is 2.18. The average Bonchev–Trinajstić information content (AvgIpc) is 2.30. The topological polar surface area (TPSA) is 34.1 Å². The third-order valence-electron chi connectivity index (χ3n) is 2.37. The minimum absolute atomic E-state index is 0.00940. The second kappa shape index (κ2) is 4.90. The third-order valence-corrected chi connectivity index (χ3v) is 4.33. The molecule has 0 aliphatic rings. The first-order valence-electron chi connectivity index (χ1n) is 5.10. The van der Waals surface area contributed by atoms with Gasteiger partial charge in [0.15, 0.2) is 9.84 Å².